The largest absolute Gasteiger partial charge is 0.461 e. The number of nitrogens with one attached hydrogen (secondary N) is 1. The standard InChI is InChI=1S/C26H31N3O4/c1-28-16-13-26(14-17-28)25(32)27-22(18-23(30)33-19-21-10-6-3-7-11-21)24(31)29(26)15-12-20-8-4-2-5-9-20/h2-11,22H,12-19H2,1H3,(H,27,32). The summed E-state index contributed by atoms with van der Waals surface area (Å²) in [5.74, 6) is -0.865. The lowest BCUT2D eigenvalue weighted by Gasteiger charge is -2.51. The molecule has 7 heteroatoms. The number of rotatable bonds is 7. The van der Waals surface area contributed by atoms with Crippen LogP contribution in [0.2, 0.25) is 0 Å². The van der Waals surface area contributed by atoms with Crippen LogP contribution in [0.3, 0.4) is 0 Å². The molecule has 0 bridgehead atoms. The second kappa shape index (κ2) is 10.2. The number of amides is 2. The number of piperazine rings is 1. The van der Waals surface area contributed by atoms with Crippen LogP contribution in [-0.4, -0.2) is 65.8 Å². The van der Waals surface area contributed by atoms with Crippen molar-refractivity contribution in [3.63, 3.8) is 0 Å². The Labute approximate surface area is 194 Å². The Balaban J connectivity index is 1.46. The van der Waals surface area contributed by atoms with Crippen LogP contribution in [0.1, 0.15) is 30.4 Å². The fraction of sp³-hybridized carbons (Fsp3) is 0.423. The van der Waals surface area contributed by atoms with E-state index < -0.39 is 17.6 Å². The third-order valence-electron chi connectivity index (χ3n) is 6.70. The van der Waals surface area contributed by atoms with Gasteiger partial charge in [-0.2, -0.15) is 0 Å². The number of hydrogen-bond acceptors (Lipinski definition) is 5. The van der Waals surface area contributed by atoms with E-state index in [2.05, 4.69) is 10.2 Å². The normalized spacial score (nSPS) is 20.5. The molecule has 0 radical (unpaired) electrons. The predicted molar refractivity (Wildman–Crippen MR) is 124 cm³/mol. The molecular weight excluding hydrogens is 418 g/mol. The number of likely N-dealkylation sites (tertiary alicyclic amines) is 1. The molecule has 4 rings (SSSR count). The number of hydrogen-bond donors (Lipinski definition) is 1. The minimum Gasteiger partial charge on any atom is -0.461 e. The quantitative estimate of drug-likeness (QED) is 0.656. The van der Waals surface area contributed by atoms with Crippen molar-refractivity contribution in [2.24, 2.45) is 0 Å². The van der Waals surface area contributed by atoms with Crippen molar-refractivity contribution in [2.75, 3.05) is 26.7 Å². The first-order valence-electron chi connectivity index (χ1n) is 11.5. The molecule has 2 aromatic rings. The van der Waals surface area contributed by atoms with Crippen LogP contribution >= 0.6 is 0 Å². The zero-order valence-corrected chi connectivity index (χ0v) is 19.0. The molecule has 2 aromatic carbocycles. The highest BCUT2D eigenvalue weighted by molar-refractivity contribution is 6.01. The molecule has 2 aliphatic heterocycles. The van der Waals surface area contributed by atoms with Gasteiger partial charge in [-0.1, -0.05) is 60.7 Å². The van der Waals surface area contributed by atoms with Crippen molar-refractivity contribution in [3.05, 3.63) is 71.8 Å². The summed E-state index contributed by atoms with van der Waals surface area (Å²) in [6.07, 6.45) is 1.65. The summed E-state index contributed by atoms with van der Waals surface area (Å²) in [5, 5.41) is 2.85. The van der Waals surface area contributed by atoms with Gasteiger partial charge in [0.2, 0.25) is 11.8 Å². The molecule has 2 saturated heterocycles. The average Bonchev–Trinajstić information content (AvgIpc) is 2.84. The van der Waals surface area contributed by atoms with Crippen LogP contribution in [0, 0.1) is 0 Å². The van der Waals surface area contributed by atoms with Gasteiger partial charge in [0.1, 0.15) is 18.2 Å². The summed E-state index contributed by atoms with van der Waals surface area (Å²) < 4.78 is 5.36. The van der Waals surface area contributed by atoms with E-state index in [4.69, 9.17) is 4.74 Å². The van der Waals surface area contributed by atoms with Gasteiger partial charge in [0.25, 0.3) is 0 Å². The molecule has 0 aromatic heterocycles. The lowest BCUT2D eigenvalue weighted by Crippen LogP contribution is -2.73. The van der Waals surface area contributed by atoms with Crippen molar-refractivity contribution >= 4 is 17.8 Å². The van der Waals surface area contributed by atoms with Gasteiger partial charge in [0.15, 0.2) is 0 Å². The van der Waals surface area contributed by atoms with E-state index in [1.165, 1.54) is 0 Å². The van der Waals surface area contributed by atoms with Crippen LogP contribution in [0.15, 0.2) is 60.7 Å². The Bertz CT molecular complexity index is 972. The second-order valence-corrected chi connectivity index (χ2v) is 8.94. The fourth-order valence-corrected chi connectivity index (χ4v) is 4.67. The van der Waals surface area contributed by atoms with Gasteiger partial charge >= 0.3 is 5.97 Å². The Morgan fingerprint density at radius 2 is 1.61 bits per heavy atom. The summed E-state index contributed by atoms with van der Waals surface area (Å²) in [4.78, 5) is 43.3. The van der Waals surface area contributed by atoms with E-state index in [1.807, 2.05) is 67.7 Å². The number of carbonyl (C=O) groups excluding carboxylic acids is 3. The molecule has 1 spiro atoms. The maximum atomic E-state index is 13.5. The SMILES string of the molecule is CN1CCC2(CC1)C(=O)NC(CC(=O)OCc1ccccc1)C(=O)N2CCc1ccccc1. The van der Waals surface area contributed by atoms with Crippen molar-refractivity contribution in [1.82, 2.24) is 15.1 Å². The Hall–Kier alpha value is -3.19. The molecule has 1 unspecified atom stereocenters. The van der Waals surface area contributed by atoms with Gasteiger partial charge in [-0.25, -0.2) is 0 Å². The van der Waals surface area contributed by atoms with E-state index in [9.17, 15) is 14.4 Å². The van der Waals surface area contributed by atoms with Crippen molar-refractivity contribution in [2.45, 2.75) is 43.9 Å². The first kappa shape index (κ1) is 23.0. The van der Waals surface area contributed by atoms with Crippen molar-refractivity contribution in [1.29, 1.82) is 0 Å². The zero-order valence-electron chi connectivity index (χ0n) is 19.0. The second-order valence-electron chi connectivity index (χ2n) is 8.94. The maximum absolute atomic E-state index is 13.5. The molecule has 2 heterocycles. The molecule has 0 aliphatic carbocycles. The molecule has 1 N–H and O–H groups in total. The molecular formula is C26H31N3O4. The Morgan fingerprint density at radius 3 is 2.24 bits per heavy atom. The number of carbonyl (C=O) groups is 3. The van der Waals surface area contributed by atoms with Crippen LogP contribution < -0.4 is 5.32 Å². The number of ether oxygens (including phenoxy) is 1. The van der Waals surface area contributed by atoms with Gasteiger partial charge in [-0.3, -0.25) is 14.4 Å². The van der Waals surface area contributed by atoms with Crippen molar-refractivity contribution < 1.29 is 19.1 Å². The van der Waals surface area contributed by atoms with Gasteiger partial charge < -0.3 is 19.9 Å². The average molecular weight is 450 g/mol. The lowest BCUT2D eigenvalue weighted by molar-refractivity contribution is -0.163. The van der Waals surface area contributed by atoms with Gasteiger partial charge in [0.05, 0.1) is 6.42 Å². The minimum absolute atomic E-state index is 0.141. The first-order chi connectivity index (χ1) is 16.0. The van der Waals surface area contributed by atoms with E-state index in [0.29, 0.717) is 25.8 Å². The van der Waals surface area contributed by atoms with Crippen LogP contribution in [0.5, 0.6) is 0 Å². The van der Waals surface area contributed by atoms with Crippen molar-refractivity contribution in [3.8, 4) is 0 Å². The lowest BCUT2D eigenvalue weighted by atomic mass is 9.81. The Morgan fingerprint density at radius 1 is 1.00 bits per heavy atom. The molecule has 7 nitrogen and oxygen atoms in total. The van der Waals surface area contributed by atoms with Crippen LogP contribution in [0.4, 0.5) is 0 Å². The van der Waals surface area contributed by atoms with Gasteiger partial charge in [-0.15, -0.1) is 0 Å². The smallest absolute Gasteiger partial charge is 0.308 e. The molecule has 33 heavy (non-hydrogen) atoms. The third kappa shape index (κ3) is 5.25. The minimum atomic E-state index is -0.901. The highest BCUT2D eigenvalue weighted by Crippen LogP contribution is 2.33. The summed E-state index contributed by atoms with van der Waals surface area (Å²) in [6, 6.07) is 18.4. The highest BCUT2D eigenvalue weighted by Gasteiger charge is 2.53. The summed E-state index contributed by atoms with van der Waals surface area (Å²) >= 11 is 0. The zero-order chi connectivity index (χ0) is 23.3. The first-order valence-corrected chi connectivity index (χ1v) is 11.5. The van der Waals surface area contributed by atoms with E-state index in [1.54, 1.807) is 4.90 Å². The van der Waals surface area contributed by atoms with Gasteiger partial charge in [0, 0.05) is 19.6 Å². The number of piperidine rings is 1. The molecule has 0 saturated carbocycles. The Kier molecular flexibility index (Phi) is 7.08. The third-order valence-corrected chi connectivity index (χ3v) is 6.70. The maximum Gasteiger partial charge on any atom is 0.308 e. The summed E-state index contributed by atoms with van der Waals surface area (Å²) in [6.45, 7) is 2.07. The fourth-order valence-electron chi connectivity index (χ4n) is 4.67. The van der Waals surface area contributed by atoms with Gasteiger partial charge in [-0.05, 0) is 37.4 Å². The molecule has 2 fully saturated rings. The van der Waals surface area contributed by atoms with E-state index in [0.717, 1.165) is 24.2 Å². The number of benzene rings is 2. The topological polar surface area (TPSA) is 79.0 Å². The molecule has 174 valence electrons. The predicted octanol–water partition coefficient (Wildman–Crippen LogP) is 2.15. The molecule has 1 atom stereocenters. The van der Waals surface area contributed by atoms with E-state index in [-0.39, 0.29) is 24.8 Å². The highest BCUT2D eigenvalue weighted by atomic mass is 16.5. The van der Waals surface area contributed by atoms with Crippen LogP contribution in [0.25, 0.3) is 0 Å². The number of nitrogens with zero attached hydrogens (tertiary/aromatic N) is 2. The molecule has 2 amide bonds. The monoisotopic (exact) mass is 449 g/mol. The van der Waals surface area contributed by atoms with Crippen LogP contribution in [-0.2, 0) is 32.1 Å². The summed E-state index contributed by atoms with van der Waals surface area (Å²) in [7, 11) is 2.02. The van der Waals surface area contributed by atoms with E-state index >= 15 is 0 Å². The summed E-state index contributed by atoms with van der Waals surface area (Å²) in [5.41, 5.74) is 1.13. The molecule has 2 aliphatic rings. The number of esters is 1.